The van der Waals surface area contributed by atoms with Crippen molar-refractivity contribution in [1.82, 2.24) is 19.6 Å². The van der Waals surface area contributed by atoms with Crippen LogP contribution in [-0.4, -0.2) is 25.3 Å². The number of benzene rings is 1. The first kappa shape index (κ1) is 16.2. The summed E-state index contributed by atoms with van der Waals surface area (Å²) >= 11 is 1.62. The van der Waals surface area contributed by atoms with Gasteiger partial charge in [0, 0.05) is 25.0 Å². The first-order chi connectivity index (χ1) is 12.7. The minimum Gasteiger partial charge on any atom is -0.289 e. The number of aromatic nitrogens is 4. The van der Waals surface area contributed by atoms with Crippen molar-refractivity contribution < 1.29 is 4.79 Å². The molecule has 0 saturated carbocycles. The molecule has 0 N–H and O–H groups in total. The Morgan fingerprint density at radius 1 is 1.12 bits per heavy atom. The van der Waals surface area contributed by atoms with Crippen LogP contribution < -0.4 is 0 Å². The summed E-state index contributed by atoms with van der Waals surface area (Å²) in [5, 5.41) is 10.8. The van der Waals surface area contributed by atoms with Gasteiger partial charge in [-0.25, -0.2) is 4.68 Å². The van der Waals surface area contributed by atoms with Crippen molar-refractivity contribution in [2.24, 2.45) is 7.05 Å². The van der Waals surface area contributed by atoms with Crippen molar-refractivity contribution in [2.75, 3.05) is 0 Å². The number of hydrogen-bond acceptors (Lipinski definition) is 4. The number of ketones is 1. The molecule has 0 amide bonds. The van der Waals surface area contributed by atoms with Crippen LogP contribution in [0.5, 0.6) is 0 Å². The van der Waals surface area contributed by atoms with Crippen LogP contribution in [0.2, 0.25) is 0 Å². The summed E-state index contributed by atoms with van der Waals surface area (Å²) in [4.78, 5) is 13.4. The summed E-state index contributed by atoms with van der Waals surface area (Å²) in [6, 6.07) is 13.9. The van der Waals surface area contributed by atoms with E-state index < -0.39 is 0 Å². The van der Waals surface area contributed by atoms with Crippen molar-refractivity contribution in [1.29, 1.82) is 0 Å². The lowest BCUT2D eigenvalue weighted by Crippen LogP contribution is -1.93. The third-order valence-corrected chi connectivity index (χ3v) is 4.80. The number of carbonyl (C=O) groups is 1. The van der Waals surface area contributed by atoms with Crippen molar-refractivity contribution in [3.05, 3.63) is 83.6 Å². The van der Waals surface area contributed by atoms with Crippen LogP contribution in [0, 0.1) is 0 Å². The van der Waals surface area contributed by atoms with Gasteiger partial charge in [-0.15, -0.1) is 11.3 Å². The van der Waals surface area contributed by atoms with Gasteiger partial charge in [-0.2, -0.15) is 10.2 Å². The second kappa shape index (κ2) is 6.93. The van der Waals surface area contributed by atoms with Gasteiger partial charge in [0.2, 0.25) is 0 Å². The van der Waals surface area contributed by atoms with E-state index in [4.69, 9.17) is 5.10 Å². The van der Waals surface area contributed by atoms with E-state index in [1.54, 1.807) is 41.5 Å². The van der Waals surface area contributed by atoms with Crippen molar-refractivity contribution in [3.8, 4) is 16.3 Å². The molecule has 1 aromatic carbocycles. The molecule has 4 aromatic rings. The Morgan fingerprint density at radius 2 is 1.96 bits per heavy atom. The van der Waals surface area contributed by atoms with E-state index in [2.05, 4.69) is 5.10 Å². The minimum absolute atomic E-state index is 0.0808. The lowest BCUT2D eigenvalue weighted by atomic mass is 10.1. The first-order valence-corrected chi connectivity index (χ1v) is 8.99. The minimum atomic E-state index is -0.0808. The molecule has 0 unspecified atom stereocenters. The smallest absolute Gasteiger partial charge is 0.189 e. The predicted molar refractivity (Wildman–Crippen MR) is 103 cm³/mol. The average molecular weight is 360 g/mol. The molecule has 4 rings (SSSR count). The van der Waals surface area contributed by atoms with E-state index in [-0.39, 0.29) is 5.78 Å². The molecule has 0 aliphatic rings. The highest BCUT2D eigenvalue weighted by Gasteiger charge is 2.12. The number of thiophene rings is 1. The van der Waals surface area contributed by atoms with E-state index >= 15 is 0 Å². The van der Waals surface area contributed by atoms with Crippen LogP contribution in [0.25, 0.3) is 22.3 Å². The standard InChI is InChI=1S/C20H16N4OS/c1-23-13-16(12-21-23)18(25)10-9-15-14-24(17-6-3-2-4-7-17)22-20(15)19-8-5-11-26-19/h2-14H,1H3/b10-9+. The number of rotatable bonds is 5. The lowest BCUT2D eigenvalue weighted by Gasteiger charge is -1.99. The van der Waals surface area contributed by atoms with E-state index in [1.165, 1.54) is 0 Å². The first-order valence-electron chi connectivity index (χ1n) is 8.11. The topological polar surface area (TPSA) is 52.7 Å². The highest BCUT2D eigenvalue weighted by atomic mass is 32.1. The van der Waals surface area contributed by atoms with Gasteiger partial charge < -0.3 is 0 Å². The van der Waals surface area contributed by atoms with Crippen LogP contribution in [0.4, 0.5) is 0 Å². The molecule has 6 heteroatoms. The molecule has 26 heavy (non-hydrogen) atoms. The van der Waals surface area contributed by atoms with Gasteiger partial charge in [-0.3, -0.25) is 9.48 Å². The van der Waals surface area contributed by atoms with E-state index in [0.717, 1.165) is 21.8 Å². The molecular formula is C20H16N4OS. The van der Waals surface area contributed by atoms with Crippen LogP contribution in [-0.2, 0) is 7.05 Å². The van der Waals surface area contributed by atoms with Gasteiger partial charge in [-0.1, -0.05) is 24.3 Å². The lowest BCUT2D eigenvalue weighted by molar-refractivity contribution is 0.104. The van der Waals surface area contributed by atoms with Gasteiger partial charge in [0.1, 0.15) is 5.69 Å². The number of aryl methyl sites for hydroxylation is 1. The Hall–Kier alpha value is -3.25. The number of para-hydroxylation sites is 1. The zero-order valence-electron chi connectivity index (χ0n) is 14.1. The molecule has 0 bridgehead atoms. The van der Waals surface area contributed by atoms with Gasteiger partial charge >= 0.3 is 0 Å². The maximum atomic E-state index is 12.3. The van der Waals surface area contributed by atoms with Crippen LogP contribution >= 0.6 is 11.3 Å². The summed E-state index contributed by atoms with van der Waals surface area (Å²) in [6.07, 6.45) is 8.61. The van der Waals surface area contributed by atoms with Gasteiger partial charge in [0.05, 0.1) is 22.3 Å². The normalized spacial score (nSPS) is 11.3. The molecule has 0 aliphatic carbocycles. The Bertz CT molecular complexity index is 1060. The SMILES string of the molecule is Cn1cc(C(=O)/C=C/c2cn(-c3ccccc3)nc2-c2cccs2)cn1. The van der Waals surface area contributed by atoms with E-state index in [9.17, 15) is 4.79 Å². The van der Waals surface area contributed by atoms with Gasteiger partial charge in [0.25, 0.3) is 0 Å². The van der Waals surface area contributed by atoms with Crippen molar-refractivity contribution >= 4 is 23.2 Å². The molecule has 0 fully saturated rings. The number of hydrogen-bond donors (Lipinski definition) is 0. The third kappa shape index (κ3) is 3.27. The maximum Gasteiger partial charge on any atom is 0.189 e. The van der Waals surface area contributed by atoms with Crippen molar-refractivity contribution in [2.45, 2.75) is 0 Å². The van der Waals surface area contributed by atoms with Crippen LogP contribution in [0.3, 0.4) is 0 Å². The molecule has 5 nitrogen and oxygen atoms in total. The molecule has 3 heterocycles. The van der Waals surface area contributed by atoms with E-state index in [0.29, 0.717) is 5.56 Å². The average Bonchev–Trinajstić information content (AvgIpc) is 3.40. The fraction of sp³-hybridized carbons (Fsp3) is 0.0500. The fourth-order valence-electron chi connectivity index (χ4n) is 2.64. The number of allylic oxidation sites excluding steroid dienone is 1. The fourth-order valence-corrected chi connectivity index (χ4v) is 3.37. The molecule has 3 aromatic heterocycles. The van der Waals surface area contributed by atoms with Gasteiger partial charge in [0.15, 0.2) is 5.78 Å². The highest BCUT2D eigenvalue weighted by molar-refractivity contribution is 7.13. The third-order valence-electron chi connectivity index (χ3n) is 3.92. The van der Waals surface area contributed by atoms with E-state index in [1.807, 2.05) is 64.8 Å². The zero-order chi connectivity index (χ0) is 17.9. The largest absolute Gasteiger partial charge is 0.289 e. The van der Waals surface area contributed by atoms with Gasteiger partial charge in [-0.05, 0) is 35.7 Å². The summed E-state index contributed by atoms with van der Waals surface area (Å²) < 4.78 is 3.45. The quantitative estimate of drug-likeness (QED) is 0.395. The Labute approximate surface area is 154 Å². The monoisotopic (exact) mass is 360 g/mol. The molecule has 128 valence electrons. The Balaban J connectivity index is 1.71. The molecule has 0 aliphatic heterocycles. The summed E-state index contributed by atoms with van der Waals surface area (Å²) in [5.41, 5.74) is 3.30. The summed E-state index contributed by atoms with van der Waals surface area (Å²) in [7, 11) is 1.79. The Morgan fingerprint density at radius 3 is 2.65 bits per heavy atom. The summed E-state index contributed by atoms with van der Waals surface area (Å²) in [5.74, 6) is -0.0808. The maximum absolute atomic E-state index is 12.3. The number of nitrogens with zero attached hydrogens (tertiary/aromatic N) is 4. The highest BCUT2D eigenvalue weighted by Crippen LogP contribution is 2.28. The predicted octanol–water partition coefficient (Wildman–Crippen LogP) is 4.23. The second-order valence-electron chi connectivity index (χ2n) is 5.79. The molecule has 0 spiro atoms. The Kier molecular flexibility index (Phi) is 4.33. The number of carbonyl (C=O) groups excluding carboxylic acids is 1. The summed E-state index contributed by atoms with van der Waals surface area (Å²) in [6.45, 7) is 0. The molecular weight excluding hydrogens is 344 g/mol. The molecule has 0 atom stereocenters. The molecule has 0 saturated heterocycles. The second-order valence-corrected chi connectivity index (χ2v) is 6.74. The molecule has 0 radical (unpaired) electrons. The zero-order valence-corrected chi connectivity index (χ0v) is 14.9. The van der Waals surface area contributed by atoms with Crippen LogP contribution in [0.1, 0.15) is 15.9 Å². The van der Waals surface area contributed by atoms with Crippen LogP contribution in [0.15, 0.2) is 72.5 Å². The van der Waals surface area contributed by atoms with Crippen molar-refractivity contribution in [3.63, 3.8) is 0 Å².